The molecule has 210 valence electrons. The van der Waals surface area contributed by atoms with Crippen molar-refractivity contribution in [3.63, 3.8) is 0 Å². The summed E-state index contributed by atoms with van der Waals surface area (Å²) in [5, 5.41) is 4.56. The Bertz CT molecular complexity index is 1530. The van der Waals surface area contributed by atoms with Crippen molar-refractivity contribution in [2.45, 2.75) is 19.6 Å². The largest absolute Gasteiger partial charge is 0.493 e. The van der Waals surface area contributed by atoms with Crippen molar-refractivity contribution in [2.24, 2.45) is 5.10 Å². The number of ether oxygens (including phenoxy) is 4. The number of benzene rings is 4. The van der Waals surface area contributed by atoms with Crippen molar-refractivity contribution < 1.29 is 28.5 Å². The number of carbonyl (C=O) groups is 2. The molecule has 0 fully saturated rings. The summed E-state index contributed by atoms with van der Waals surface area (Å²) in [6.07, 6.45) is 0.618. The lowest BCUT2D eigenvalue weighted by atomic mass is 10.2. The molecule has 1 unspecified atom stereocenters. The molecule has 4 aromatic carbocycles. The maximum Gasteiger partial charge on any atom is 0.345 e. The predicted molar refractivity (Wildman–Crippen MR) is 157 cm³/mol. The normalized spacial score (nSPS) is 11.5. The van der Waals surface area contributed by atoms with Crippen molar-refractivity contribution in [1.29, 1.82) is 0 Å². The van der Waals surface area contributed by atoms with E-state index in [0.29, 0.717) is 28.7 Å². The number of esters is 1. The van der Waals surface area contributed by atoms with E-state index in [-0.39, 0.29) is 22.1 Å². The second-order valence-corrected chi connectivity index (χ2v) is 9.51. The van der Waals surface area contributed by atoms with Gasteiger partial charge in [0.15, 0.2) is 17.6 Å². The van der Waals surface area contributed by atoms with Crippen LogP contribution >= 0.6 is 23.2 Å². The molecule has 1 N–H and O–H groups in total. The van der Waals surface area contributed by atoms with Gasteiger partial charge in [0, 0.05) is 5.02 Å². The monoisotopic (exact) mass is 592 g/mol. The first kappa shape index (κ1) is 29.5. The standard InChI is InChI=1S/C31H26Cl2N2O6/c1-20(40-25-12-10-24(11-13-25)39-19-21-6-4-3-5-7-21)30(36)35-34-18-22-8-15-28(29(16-22)38-2)41-31(37)26-14-9-23(32)17-27(26)33/h3-18,20H,19H2,1-2H3,(H,35,36). The van der Waals surface area contributed by atoms with Gasteiger partial charge >= 0.3 is 5.97 Å². The van der Waals surface area contributed by atoms with Crippen molar-refractivity contribution in [1.82, 2.24) is 5.43 Å². The molecule has 0 spiro atoms. The zero-order chi connectivity index (χ0) is 29.2. The van der Waals surface area contributed by atoms with Crippen LogP contribution < -0.4 is 24.4 Å². The van der Waals surface area contributed by atoms with Gasteiger partial charge in [0.2, 0.25) is 0 Å². The van der Waals surface area contributed by atoms with E-state index in [0.717, 1.165) is 5.56 Å². The molecular formula is C31H26Cl2N2O6. The van der Waals surface area contributed by atoms with Gasteiger partial charge in [0.05, 0.1) is 23.9 Å². The summed E-state index contributed by atoms with van der Waals surface area (Å²) < 4.78 is 22.3. The van der Waals surface area contributed by atoms with Crippen LogP contribution in [0.1, 0.15) is 28.4 Å². The number of halogens is 2. The van der Waals surface area contributed by atoms with Crippen LogP contribution in [0.3, 0.4) is 0 Å². The Morgan fingerprint density at radius 1 is 0.902 bits per heavy atom. The third kappa shape index (κ3) is 8.48. The van der Waals surface area contributed by atoms with Crippen LogP contribution in [-0.2, 0) is 11.4 Å². The number of nitrogens with zero attached hydrogens (tertiary/aromatic N) is 1. The molecule has 0 saturated carbocycles. The van der Waals surface area contributed by atoms with E-state index in [1.165, 1.54) is 25.5 Å². The summed E-state index contributed by atoms with van der Waals surface area (Å²) in [7, 11) is 1.44. The zero-order valence-electron chi connectivity index (χ0n) is 22.2. The highest BCUT2D eigenvalue weighted by atomic mass is 35.5. The fraction of sp³-hybridized carbons (Fsp3) is 0.129. The summed E-state index contributed by atoms with van der Waals surface area (Å²) in [6.45, 7) is 2.07. The molecular weight excluding hydrogens is 567 g/mol. The summed E-state index contributed by atoms with van der Waals surface area (Å²) in [5.74, 6) is 0.561. The lowest BCUT2D eigenvalue weighted by molar-refractivity contribution is -0.127. The Morgan fingerprint density at radius 3 is 2.34 bits per heavy atom. The molecule has 4 aromatic rings. The van der Waals surface area contributed by atoms with Gasteiger partial charge in [0.25, 0.3) is 5.91 Å². The van der Waals surface area contributed by atoms with Crippen LogP contribution in [0.2, 0.25) is 10.0 Å². The smallest absolute Gasteiger partial charge is 0.345 e. The van der Waals surface area contributed by atoms with Gasteiger partial charge in [-0.25, -0.2) is 10.2 Å². The van der Waals surface area contributed by atoms with E-state index in [1.807, 2.05) is 30.3 Å². The molecule has 0 aliphatic carbocycles. The Labute approximate surface area is 247 Å². The van der Waals surface area contributed by atoms with E-state index in [1.54, 1.807) is 55.5 Å². The fourth-order valence-corrected chi connectivity index (χ4v) is 4.02. The first-order valence-corrected chi connectivity index (χ1v) is 13.2. The number of rotatable bonds is 11. The average molecular weight is 593 g/mol. The highest BCUT2D eigenvalue weighted by Crippen LogP contribution is 2.30. The zero-order valence-corrected chi connectivity index (χ0v) is 23.7. The highest BCUT2D eigenvalue weighted by molar-refractivity contribution is 6.36. The molecule has 0 radical (unpaired) electrons. The van der Waals surface area contributed by atoms with Crippen molar-refractivity contribution >= 4 is 41.3 Å². The van der Waals surface area contributed by atoms with E-state index in [9.17, 15) is 9.59 Å². The van der Waals surface area contributed by atoms with Crippen LogP contribution in [0, 0.1) is 0 Å². The van der Waals surface area contributed by atoms with Crippen LogP contribution in [0.25, 0.3) is 0 Å². The first-order chi connectivity index (χ1) is 19.8. The van der Waals surface area contributed by atoms with Gasteiger partial charge in [-0.1, -0.05) is 53.5 Å². The second-order valence-electron chi connectivity index (χ2n) is 8.66. The molecule has 0 aromatic heterocycles. The number of nitrogens with one attached hydrogen (secondary N) is 1. The van der Waals surface area contributed by atoms with Crippen molar-refractivity contribution in [3.8, 4) is 23.0 Å². The van der Waals surface area contributed by atoms with Gasteiger partial charge < -0.3 is 18.9 Å². The van der Waals surface area contributed by atoms with Crippen LogP contribution in [0.15, 0.2) is 96.1 Å². The maximum absolute atomic E-state index is 12.5. The van der Waals surface area contributed by atoms with Gasteiger partial charge in [-0.2, -0.15) is 5.10 Å². The molecule has 0 saturated heterocycles. The summed E-state index contributed by atoms with van der Waals surface area (Å²) >= 11 is 12.0. The summed E-state index contributed by atoms with van der Waals surface area (Å²) in [5.41, 5.74) is 4.26. The number of hydrogen-bond donors (Lipinski definition) is 1. The molecule has 0 aliphatic rings. The number of carbonyl (C=O) groups excluding carboxylic acids is 2. The number of amides is 1. The molecule has 41 heavy (non-hydrogen) atoms. The SMILES string of the molecule is COc1cc(C=NNC(=O)C(C)Oc2ccc(OCc3ccccc3)cc2)ccc1OC(=O)c1ccc(Cl)cc1Cl. The predicted octanol–water partition coefficient (Wildman–Crippen LogP) is 6.72. The minimum atomic E-state index is -0.806. The summed E-state index contributed by atoms with van der Waals surface area (Å²) in [4.78, 5) is 25.0. The molecule has 0 heterocycles. The molecule has 0 aliphatic heterocycles. The second kappa shape index (κ2) is 14.2. The van der Waals surface area contributed by atoms with Gasteiger partial charge in [-0.15, -0.1) is 0 Å². The minimum Gasteiger partial charge on any atom is -0.493 e. The van der Waals surface area contributed by atoms with E-state index in [2.05, 4.69) is 10.5 Å². The third-order valence-electron chi connectivity index (χ3n) is 5.68. The van der Waals surface area contributed by atoms with Gasteiger partial charge in [-0.05, 0) is 78.7 Å². The topological polar surface area (TPSA) is 95.5 Å². The molecule has 10 heteroatoms. The van der Waals surface area contributed by atoms with Crippen LogP contribution in [-0.4, -0.2) is 31.3 Å². The van der Waals surface area contributed by atoms with Crippen LogP contribution in [0.4, 0.5) is 0 Å². The fourth-order valence-electron chi connectivity index (χ4n) is 3.53. The van der Waals surface area contributed by atoms with Gasteiger partial charge in [-0.3, -0.25) is 4.79 Å². The first-order valence-electron chi connectivity index (χ1n) is 12.4. The Hall–Kier alpha value is -4.53. The number of hydrazone groups is 1. The third-order valence-corrected chi connectivity index (χ3v) is 6.23. The number of hydrogen-bond acceptors (Lipinski definition) is 7. The van der Waals surface area contributed by atoms with E-state index in [4.69, 9.17) is 42.1 Å². The highest BCUT2D eigenvalue weighted by Gasteiger charge is 2.17. The molecule has 8 nitrogen and oxygen atoms in total. The molecule has 0 bridgehead atoms. The lowest BCUT2D eigenvalue weighted by Gasteiger charge is -2.13. The van der Waals surface area contributed by atoms with Crippen molar-refractivity contribution in [3.05, 3.63) is 118 Å². The maximum atomic E-state index is 12.5. The minimum absolute atomic E-state index is 0.162. The Balaban J connectivity index is 1.28. The quantitative estimate of drug-likeness (QED) is 0.0899. The Kier molecular flexibility index (Phi) is 10.2. The average Bonchev–Trinajstić information content (AvgIpc) is 2.97. The lowest BCUT2D eigenvalue weighted by Crippen LogP contribution is -2.33. The summed E-state index contributed by atoms with van der Waals surface area (Å²) in [6, 6.07) is 26.1. The van der Waals surface area contributed by atoms with Crippen LogP contribution in [0.5, 0.6) is 23.0 Å². The molecule has 1 atom stereocenters. The molecule has 4 rings (SSSR count). The molecule has 1 amide bonds. The van der Waals surface area contributed by atoms with Gasteiger partial charge in [0.1, 0.15) is 18.1 Å². The Morgan fingerprint density at radius 2 is 1.63 bits per heavy atom. The van der Waals surface area contributed by atoms with Crippen molar-refractivity contribution in [2.75, 3.05) is 7.11 Å². The number of methoxy groups -OCH3 is 1. The van der Waals surface area contributed by atoms with E-state index >= 15 is 0 Å². The van der Waals surface area contributed by atoms with E-state index < -0.39 is 18.0 Å².